The lowest BCUT2D eigenvalue weighted by atomic mass is 9.19. The minimum absolute atomic E-state index is 0.165. The molecule has 38 heavy (non-hydrogen) atoms. The van der Waals surface area contributed by atoms with Crippen molar-refractivity contribution in [1.82, 2.24) is 0 Å². The first-order chi connectivity index (χ1) is 18.4. The van der Waals surface area contributed by atoms with Gasteiger partial charge in [0.2, 0.25) is 19.1 Å². The second-order valence-electron chi connectivity index (χ2n) is 11.1. The molecule has 1 aromatic heterocycles. The van der Waals surface area contributed by atoms with Crippen molar-refractivity contribution in [3.63, 3.8) is 0 Å². The van der Waals surface area contributed by atoms with Crippen LogP contribution in [-0.4, -0.2) is 13.4 Å². The van der Waals surface area contributed by atoms with Gasteiger partial charge in [0.05, 0.1) is 0 Å². The van der Waals surface area contributed by atoms with Crippen LogP contribution in [0.5, 0.6) is 0 Å². The molecular weight excluding hydrogens is 456 g/mol. The van der Waals surface area contributed by atoms with Gasteiger partial charge in [0.1, 0.15) is 7.05 Å². The highest BCUT2D eigenvalue weighted by Gasteiger charge is 2.42. The summed E-state index contributed by atoms with van der Waals surface area (Å²) in [4.78, 5) is 0. The number of rotatable bonds is 3. The lowest BCUT2D eigenvalue weighted by Crippen LogP contribution is -2.76. The molecule has 3 heteroatoms. The monoisotopic (exact) mass is 490 g/mol. The summed E-state index contributed by atoms with van der Waals surface area (Å²) in [5.74, 6) is 0. The van der Waals surface area contributed by atoms with Crippen LogP contribution in [0.4, 0.5) is 0 Å². The maximum atomic E-state index is 2.42. The van der Waals surface area contributed by atoms with E-state index in [9.17, 15) is 0 Å². The summed E-state index contributed by atoms with van der Waals surface area (Å²) in [6.45, 7) is 11.7. The average molecular weight is 490 g/mol. The third-order valence-electron chi connectivity index (χ3n) is 8.68. The maximum Gasteiger partial charge on any atom is 0.241 e. The Labute approximate surface area is 228 Å². The van der Waals surface area contributed by atoms with Gasteiger partial charge < -0.3 is 0 Å². The van der Waals surface area contributed by atoms with E-state index in [0.29, 0.717) is 0 Å². The first kappa shape index (κ1) is 24.5. The van der Waals surface area contributed by atoms with Crippen LogP contribution >= 0.6 is 0 Å². The summed E-state index contributed by atoms with van der Waals surface area (Å²) in [6, 6.07) is 34.0. The Balaban J connectivity index is 1.80. The van der Waals surface area contributed by atoms with Crippen LogP contribution in [-0.2, 0) is 7.05 Å². The highest BCUT2D eigenvalue weighted by atomic mass is 14.9. The highest BCUT2D eigenvalue weighted by Crippen LogP contribution is 2.21. The third-order valence-corrected chi connectivity index (χ3v) is 8.68. The van der Waals surface area contributed by atoms with E-state index >= 15 is 0 Å². The molecule has 0 unspecified atom stereocenters. The SMILES string of the molecule is Cc1cccc(C)c1B1c2ccccc2B(c2c(C)cccc2C)c2c1ccc(C)c2-c1cccc[n+]1C. The molecule has 2 heterocycles. The number of nitrogens with zero attached hydrogens (tertiary/aromatic N) is 1. The number of hydrogen-bond acceptors (Lipinski definition) is 0. The molecule has 184 valence electrons. The van der Waals surface area contributed by atoms with Gasteiger partial charge in [-0.15, -0.1) is 0 Å². The molecule has 0 bridgehead atoms. The predicted octanol–water partition coefficient (Wildman–Crippen LogP) is 3.07. The second-order valence-corrected chi connectivity index (χ2v) is 11.1. The van der Waals surface area contributed by atoms with E-state index in [1.54, 1.807) is 0 Å². The Morgan fingerprint density at radius 1 is 0.447 bits per heavy atom. The van der Waals surface area contributed by atoms with Gasteiger partial charge in [0.25, 0.3) is 0 Å². The minimum Gasteiger partial charge on any atom is -0.201 e. The van der Waals surface area contributed by atoms with E-state index in [4.69, 9.17) is 0 Å². The molecule has 4 aromatic carbocycles. The summed E-state index contributed by atoms with van der Waals surface area (Å²) in [7, 11) is 2.17. The molecule has 0 radical (unpaired) electrons. The van der Waals surface area contributed by atoms with Crippen molar-refractivity contribution in [3.8, 4) is 11.3 Å². The van der Waals surface area contributed by atoms with Gasteiger partial charge in [-0.25, -0.2) is 4.57 Å². The number of fused-ring (bicyclic) bond motifs is 2. The number of pyridine rings is 1. The molecule has 6 rings (SSSR count). The molecule has 0 spiro atoms. The Hall–Kier alpha value is -3.84. The molecule has 5 aromatic rings. The van der Waals surface area contributed by atoms with Crippen LogP contribution in [0.3, 0.4) is 0 Å². The van der Waals surface area contributed by atoms with Crippen LogP contribution in [0.1, 0.15) is 27.8 Å². The molecule has 0 aliphatic carbocycles. The van der Waals surface area contributed by atoms with E-state index in [1.807, 2.05) is 0 Å². The summed E-state index contributed by atoms with van der Waals surface area (Å²) in [5.41, 5.74) is 18.0. The normalized spacial score (nSPS) is 12.4. The molecule has 1 aliphatic heterocycles. The van der Waals surface area contributed by atoms with Crippen LogP contribution in [0.25, 0.3) is 11.3 Å². The van der Waals surface area contributed by atoms with Crippen molar-refractivity contribution in [3.05, 3.63) is 125 Å². The average Bonchev–Trinajstić information content (AvgIpc) is 2.90. The van der Waals surface area contributed by atoms with E-state index in [0.717, 1.165) is 0 Å². The number of hydrogen-bond donors (Lipinski definition) is 0. The Bertz CT molecular complexity index is 1660. The number of aromatic nitrogens is 1. The van der Waals surface area contributed by atoms with Crippen molar-refractivity contribution in [1.29, 1.82) is 0 Å². The Kier molecular flexibility index (Phi) is 6.11. The Morgan fingerprint density at radius 3 is 1.55 bits per heavy atom. The van der Waals surface area contributed by atoms with Gasteiger partial charge in [-0.1, -0.05) is 128 Å². The summed E-state index contributed by atoms with van der Waals surface area (Å²) in [5, 5.41) is 0. The molecule has 0 fully saturated rings. The zero-order chi connectivity index (χ0) is 26.6. The second kappa shape index (κ2) is 9.48. The van der Waals surface area contributed by atoms with Gasteiger partial charge in [0, 0.05) is 17.7 Å². The largest absolute Gasteiger partial charge is 0.241 e. The molecule has 0 atom stereocenters. The maximum absolute atomic E-state index is 2.42. The smallest absolute Gasteiger partial charge is 0.201 e. The standard InChI is InChI=1S/C35H34B2N/c1-23-20-21-30-35(32(23)31-19-9-10-22-38(31)6)37(34-26(4)15-12-16-27(34)5)29-18-8-7-17-28(29)36(30)33-24(2)13-11-14-25(33)3/h7-22H,1-6H3/q+1. The van der Waals surface area contributed by atoms with Crippen molar-refractivity contribution >= 4 is 46.2 Å². The first-order valence-electron chi connectivity index (χ1n) is 13.7. The molecule has 0 amide bonds. The lowest BCUT2D eigenvalue weighted by Gasteiger charge is -2.36. The van der Waals surface area contributed by atoms with Gasteiger partial charge in [-0.2, -0.15) is 0 Å². The van der Waals surface area contributed by atoms with Crippen molar-refractivity contribution in [2.45, 2.75) is 34.6 Å². The topological polar surface area (TPSA) is 3.88 Å². The quantitative estimate of drug-likeness (QED) is 0.265. The first-order valence-corrected chi connectivity index (χ1v) is 13.7. The summed E-state index contributed by atoms with van der Waals surface area (Å²) >= 11 is 0. The summed E-state index contributed by atoms with van der Waals surface area (Å²) in [6.07, 6.45) is 2.17. The van der Waals surface area contributed by atoms with Gasteiger partial charge in [-0.05, 0) is 46.2 Å². The minimum atomic E-state index is 0.165. The van der Waals surface area contributed by atoms with Gasteiger partial charge in [-0.3, -0.25) is 0 Å². The van der Waals surface area contributed by atoms with E-state index in [2.05, 4.69) is 143 Å². The summed E-state index contributed by atoms with van der Waals surface area (Å²) < 4.78 is 2.28. The highest BCUT2D eigenvalue weighted by molar-refractivity contribution is 7.12. The van der Waals surface area contributed by atoms with Crippen molar-refractivity contribution in [2.75, 3.05) is 0 Å². The lowest BCUT2D eigenvalue weighted by molar-refractivity contribution is -0.660. The fraction of sp³-hybridized carbons (Fsp3) is 0.171. The fourth-order valence-electron chi connectivity index (χ4n) is 6.97. The van der Waals surface area contributed by atoms with Gasteiger partial charge >= 0.3 is 0 Å². The zero-order valence-electron chi connectivity index (χ0n) is 23.3. The van der Waals surface area contributed by atoms with E-state index in [1.165, 1.54) is 71.9 Å². The molecular formula is C35H34B2N+. The van der Waals surface area contributed by atoms with Crippen LogP contribution in [0.15, 0.2) is 97.2 Å². The molecule has 0 saturated carbocycles. The van der Waals surface area contributed by atoms with Crippen molar-refractivity contribution < 1.29 is 4.57 Å². The fourth-order valence-corrected chi connectivity index (χ4v) is 6.97. The number of benzene rings is 4. The Morgan fingerprint density at radius 2 is 0.974 bits per heavy atom. The van der Waals surface area contributed by atoms with Crippen LogP contribution < -0.4 is 37.3 Å². The molecule has 0 N–H and O–H groups in total. The van der Waals surface area contributed by atoms with E-state index < -0.39 is 0 Å². The van der Waals surface area contributed by atoms with Crippen LogP contribution in [0, 0.1) is 34.6 Å². The third kappa shape index (κ3) is 3.76. The molecule has 0 saturated heterocycles. The molecule has 1 nitrogen and oxygen atoms in total. The van der Waals surface area contributed by atoms with E-state index in [-0.39, 0.29) is 13.4 Å². The van der Waals surface area contributed by atoms with Gasteiger partial charge in [0.15, 0.2) is 6.20 Å². The predicted molar refractivity (Wildman–Crippen MR) is 165 cm³/mol. The van der Waals surface area contributed by atoms with Crippen LogP contribution in [0.2, 0.25) is 0 Å². The van der Waals surface area contributed by atoms with Crippen molar-refractivity contribution in [2.24, 2.45) is 7.05 Å². The zero-order valence-corrected chi connectivity index (χ0v) is 23.3. The number of aryl methyl sites for hydroxylation is 6. The molecule has 1 aliphatic rings.